The SMILES string of the molecule is CC(=O)c1ccc(OC[C@@H](O)CN2C(=O)CC3(CCCCC3)C2=O)cc1. The topological polar surface area (TPSA) is 83.9 Å². The van der Waals surface area contributed by atoms with Crippen LogP contribution in [-0.2, 0) is 9.59 Å². The Morgan fingerprint density at radius 2 is 1.85 bits per heavy atom. The second-order valence-corrected chi connectivity index (χ2v) is 7.37. The van der Waals surface area contributed by atoms with Gasteiger partial charge in [-0.3, -0.25) is 19.3 Å². The fourth-order valence-electron chi connectivity index (χ4n) is 3.91. The third-order valence-corrected chi connectivity index (χ3v) is 5.40. The van der Waals surface area contributed by atoms with Gasteiger partial charge in [-0.1, -0.05) is 19.3 Å². The van der Waals surface area contributed by atoms with Crippen molar-refractivity contribution < 1.29 is 24.2 Å². The monoisotopic (exact) mass is 359 g/mol. The number of aliphatic hydroxyl groups is 1. The first-order valence-electron chi connectivity index (χ1n) is 9.18. The fourth-order valence-corrected chi connectivity index (χ4v) is 3.91. The number of ether oxygens (including phenoxy) is 1. The van der Waals surface area contributed by atoms with Crippen LogP contribution in [0.3, 0.4) is 0 Å². The van der Waals surface area contributed by atoms with Crippen LogP contribution in [0.15, 0.2) is 24.3 Å². The zero-order valence-electron chi connectivity index (χ0n) is 15.1. The van der Waals surface area contributed by atoms with Crippen molar-refractivity contribution in [2.24, 2.45) is 5.41 Å². The van der Waals surface area contributed by atoms with Gasteiger partial charge in [0, 0.05) is 12.0 Å². The third-order valence-electron chi connectivity index (χ3n) is 5.40. The Bertz CT molecular complexity index is 691. The molecule has 3 rings (SSSR count). The molecule has 1 saturated carbocycles. The van der Waals surface area contributed by atoms with Crippen LogP contribution in [0.5, 0.6) is 5.75 Å². The Kier molecular flexibility index (Phi) is 5.41. The van der Waals surface area contributed by atoms with Crippen LogP contribution in [0.1, 0.15) is 55.8 Å². The van der Waals surface area contributed by atoms with E-state index in [0.29, 0.717) is 11.3 Å². The number of hydrogen-bond donors (Lipinski definition) is 1. The van der Waals surface area contributed by atoms with Crippen LogP contribution >= 0.6 is 0 Å². The minimum absolute atomic E-state index is 0.0243. The molecule has 1 atom stereocenters. The molecule has 1 aromatic rings. The molecule has 1 heterocycles. The summed E-state index contributed by atoms with van der Waals surface area (Å²) in [4.78, 5) is 37.5. The molecular weight excluding hydrogens is 334 g/mol. The number of rotatable bonds is 6. The lowest BCUT2D eigenvalue weighted by Crippen LogP contribution is -2.42. The van der Waals surface area contributed by atoms with Gasteiger partial charge in [-0.2, -0.15) is 0 Å². The van der Waals surface area contributed by atoms with Gasteiger partial charge in [0.2, 0.25) is 11.8 Å². The predicted molar refractivity (Wildman–Crippen MR) is 94.8 cm³/mol. The van der Waals surface area contributed by atoms with E-state index in [0.717, 1.165) is 32.1 Å². The molecule has 2 fully saturated rings. The lowest BCUT2D eigenvalue weighted by atomic mass is 9.73. The molecule has 2 aliphatic rings. The van der Waals surface area contributed by atoms with Gasteiger partial charge in [-0.15, -0.1) is 0 Å². The Morgan fingerprint density at radius 1 is 1.19 bits per heavy atom. The molecule has 0 aromatic heterocycles. The predicted octanol–water partition coefficient (Wildman–Crippen LogP) is 2.34. The van der Waals surface area contributed by atoms with Crippen LogP contribution in [0, 0.1) is 5.41 Å². The van der Waals surface area contributed by atoms with E-state index in [2.05, 4.69) is 0 Å². The van der Waals surface area contributed by atoms with Crippen molar-refractivity contribution in [3.05, 3.63) is 29.8 Å². The molecular formula is C20H25NO5. The first-order chi connectivity index (χ1) is 12.4. The summed E-state index contributed by atoms with van der Waals surface area (Å²) >= 11 is 0. The maximum atomic E-state index is 12.7. The molecule has 1 aromatic carbocycles. The smallest absolute Gasteiger partial charge is 0.235 e. The number of amides is 2. The fraction of sp³-hybridized carbons (Fsp3) is 0.550. The van der Waals surface area contributed by atoms with Crippen LogP contribution < -0.4 is 4.74 Å². The molecule has 140 valence electrons. The lowest BCUT2D eigenvalue weighted by molar-refractivity contribution is -0.144. The second-order valence-electron chi connectivity index (χ2n) is 7.37. The second kappa shape index (κ2) is 7.58. The van der Waals surface area contributed by atoms with Gasteiger partial charge in [0.25, 0.3) is 0 Å². The van der Waals surface area contributed by atoms with E-state index in [4.69, 9.17) is 4.74 Å². The number of imide groups is 1. The summed E-state index contributed by atoms with van der Waals surface area (Å²) in [6.45, 7) is 1.43. The van der Waals surface area contributed by atoms with Crippen molar-refractivity contribution >= 4 is 17.6 Å². The summed E-state index contributed by atoms with van der Waals surface area (Å²) in [5.74, 6) is 0.171. The van der Waals surface area contributed by atoms with E-state index in [1.807, 2.05) is 0 Å². The highest BCUT2D eigenvalue weighted by Gasteiger charge is 2.51. The molecule has 1 N–H and O–H groups in total. The van der Waals surface area contributed by atoms with Crippen LogP contribution in [0.25, 0.3) is 0 Å². The van der Waals surface area contributed by atoms with Gasteiger partial charge in [0.05, 0.1) is 12.0 Å². The van der Waals surface area contributed by atoms with E-state index in [1.54, 1.807) is 24.3 Å². The molecule has 1 aliphatic carbocycles. The van der Waals surface area contributed by atoms with E-state index >= 15 is 0 Å². The van der Waals surface area contributed by atoms with Crippen LogP contribution in [0.4, 0.5) is 0 Å². The first kappa shape index (κ1) is 18.6. The van der Waals surface area contributed by atoms with Crippen molar-refractivity contribution in [2.45, 2.75) is 51.6 Å². The molecule has 1 saturated heterocycles. The van der Waals surface area contributed by atoms with Gasteiger partial charge in [-0.05, 0) is 44.0 Å². The largest absolute Gasteiger partial charge is 0.491 e. The van der Waals surface area contributed by atoms with E-state index in [1.165, 1.54) is 11.8 Å². The quantitative estimate of drug-likeness (QED) is 0.622. The molecule has 0 bridgehead atoms. The minimum atomic E-state index is -0.950. The molecule has 1 spiro atoms. The Hall–Kier alpha value is -2.21. The Morgan fingerprint density at radius 3 is 2.46 bits per heavy atom. The van der Waals surface area contributed by atoms with Crippen molar-refractivity contribution in [1.82, 2.24) is 4.90 Å². The van der Waals surface area contributed by atoms with Crippen LogP contribution in [-0.4, -0.2) is 46.9 Å². The summed E-state index contributed by atoms with van der Waals surface area (Å²) in [6, 6.07) is 6.63. The normalized spacial score (nSPS) is 20.5. The number of carbonyl (C=O) groups excluding carboxylic acids is 3. The van der Waals surface area contributed by atoms with E-state index in [-0.39, 0.29) is 37.2 Å². The van der Waals surface area contributed by atoms with Gasteiger partial charge in [-0.25, -0.2) is 0 Å². The summed E-state index contributed by atoms with van der Waals surface area (Å²) in [5.41, 5.74) is 0.0576. The highest BCUT2D eigenvalue weighted by molar-refractivity contribution is 6.06. The standard InChI is InChI=1S/C20H25NO5/c1-14(22)15-5-7-17(8-6-15)26-13-16(23)12-21-18(24)11-20(19(21)25)9-3-2-4-10-20/h5-8,16,23H,2-4,9-13H2,1H3/t16-/m0/s1. The van der Waals surface area contributed by atoms with Crippen molar-refractivity contribution in [3.63, 3.8) is 0 Å². The first-order valence-corrected chi connectivity index (χ1v) is 9.18. The maximum Gasteiger partial charge on any atom is 0.235 e. The summed E-state index contributed by atoms with van der Waals surface area (Å²) in [7, 11) is 0. The molecule has 6 heteroatoms. The number of ketones is 1. The number of carbonyl (C=O) groups is 3. The molecule has 0 unspecified atom stereocenters. The molecule has 6 nitrogen and oxygen atoms in total. The van der Waals surface area contributed by atoms with Crippen molar-refractivity contribution in [3.8, 4) is 5.75 Å². The highest BCUT2D eigenvalue weighted by Crippen LogP contribution is 2.45. The molecule has 1 aliphatic heterocycles. The van der Waals surface area contributed by atoms with Gasteiger partial charge >= 0.3 is 0 Å². The van der Waals surface area contributed by atoms with Crippen molar-refractivity contribution in [1.29, 1.82) is 0 Å². The van der Waals surface area contributed by atoms with Crippen LogP contribution in [0.2, 0.25) is 0 Å². The third kappa shape index (κ3) is 3.80. The zero-order valence-corrected chi connectivity index (χ0v) is 15.1. The zero-order chi connectivity index (χ0) is 18.7. The average Bonchev–Trinajstić information content (AvgIpc) is 2.85. The number of benzene rings is 1. The maximum absolute atomic E-state index is 12.7. The number of likely N-dealkylation sites (tertiary alicyclic amines) is 1. The number of Topliss-reactive ketones (excluding diaryl/α,β-unsaturated/α-hetero) is 1. The highest BCUT2D eigenvalue weighted by atomic mass is 16.5. The molecule has 2 amide bonds. The lowest BCUT2D eigenvalue weighted by Gasteiger charge is -2.30. The molecule has 26 heavy (non-hydrogen) atoms. The summed E-state index contributed by atoms with van der Waals surface area (Å²) in [5, 5.41) is 10.2. The number of nitrogens with zero attached hydrogens (tertiary/aromatic N) is 1. The Balaban J connectivity index is 1.54. The van der Waals surface area contributed by atoms with Gasteiger partial charge in [0.15, 0.2) is 5.78 Å². The van der Waals surface area contributed by atoms with Gasteiger partial charge < -0.3 is 9.84 Å². The van der Waals surface area contributed by atoms with Crippen molar-refractivity contribution in [2.75, 3.05) is 13.2 Å². The van der Waals surface area contributed by atoms with E-state index < -0.39 is 11.5 Å². The number of hydrogen-bond acceptors (Lipinski definition) is 5. The minimum Gasteiger partial charge on any atom is -0.491 e. The average molecular weight is 359 g/mol. The summed E-state index contributed by atoms with van der Waals surface area (Å²) in [6.07, 6.45) is 3.93. The summed E-state index contributed by atoms with van der Waals surface area (Å²) < 4.78 is 5.51. The number of aliphatic hydroxyl groups excluding tert-OH is 1. The van der Waals surface area contributed by atoms with E-state index in [9.17, 15) is 19.5 Å². The number of β-amino-alcohol motifs (C(OH)–C–C–N with tert-alkyl or cyclic N) is 1. The van der Waals surface area contributed by atoms with Gasteiger partial charge in [0.1, 0.15) is 18.5 Å². The Labute approximate surface area is 153 Å². The molecule has 0 radical (unpaired) electrons.